The fraction of sp³-hybridized carbons (Fsp3) is 0.150. The molecule has 3 N–H and O–H groups in total. The molecule has 144 valence electrons. The van der Waals surface area contributed by atoms with Gasteiger partial charge < -0.3 is 15.5 Å². The van der Waals surface area contributed by atoms with Crippen molar-refractivity contribution in [2.75, 3.05) is 5.32 Å². The van der Waals surface area contributed by atoms with E-state index in [9.17, 15) is 18.4 Å². The van der Waals surface area contributed by atoms with Crippen LogP contribution in [0.1, 0.15) is 17.9 Å². The molecule has 0 bridgehead atoms. The number of carbonyl (C=O) groups excluding carboxylic acids is 2. The van der Waals surface area contributed by atoms with E-state index in [4.69, 9.17) is 10.2 Å². The first kappa shape index (κ1) is 19.2. The molecule has 1 aromatic heterocycles. The van der Waals surface area contributed by atoms with Gasteiger partial charge in [0.05, 0.1) is 18.2 Å². The van der Waals surface area contributed by atoms with Gasteiger partial charge in [-0.25, -0.2) is 13.8 Å². The number of hydrogen-bond donors (Lipinski definition) is 2. The van der Waals surface area contributed by atoms with E-state index in [0.29, 0.717) is 11.3 Å². The maximum atomic E-state index is 13.8. The first-order valence-electron chi connectivity index (χ1n) is 8.48. The predicted octanol–water partition coefficient (Wildman–Crippen LogP) is 3.22. The summed E-state index contributed by atoms with van der Waals surface area (Å²) in [6.45, 7) is 0. The molecule has 0 aliphatic rings. The number of aryl methyl sites for hydroxylation is 1. The van der Waals surface area contributed by atoms with E-state index in [2.05, 4.69) is 10.3 Å². The minimum absolute atomic E-state index is 0.0167. The van der Waals surface area contributed by atoms with Crippen molar-refractivity contribution in [1.82, 2.24) is 4.98 Å². The minimum atomic E-state index is -0.758. The van der Waals surface area contributed by atoms with Crippen LogP contribution in [-0.4, -0.2) is 16.8 Å². The summed E-state index contributed by atoms with van der Waals surface area (Å²) in [7, 11) is 0. The number of nitrogens with zero attached hydrogens (tertiary/aromatic N) is 1. The van der Waals surface area contributed by atoms with E-state index in [1.807, 2.05) is 0 Å². The number of nitrogens with one attached hydrogen (secondary N) is 1. The zero-order valence-electron chi connectivity index (χ0n) is 14.7. The third-order valence-corrected chi connectivity index (χ3v) is 3.97. The van der Waals surface area contributed by atoms with Crippen LogP contribution in [0.2, 0.25) is 0 Å². The monoisotopic (exact) mass is 385 g/mol. The highest BCUT2D eigenvalue weighted by Gasteiger charge is 2.14. The van der Waals surface area contributed by atoms with Gasteiger partial charge in [-0.3, -0.25) is 9.59 Å². The molecule has 0 spiro atoms. The number of halogens is 2. The molecule has 2 aromatic carbocycles. The Kier molecular flexibility index (Phi) is 5.78. The van der Waals surface area contributed by atoms with Gasteiger partial charge in [0, 0.05) is 24.6 Å². The second-order valence-electron chi connectivity index (χ2n) is 6.09. The largest absolute Gasteiger partial charge is 0.441 e. The highest BCUT2D eigenvalue weighted by molar-refractivity contribution is 5.92. The van der Waals surface area contributed by atoms with Crippen molar-refractivity contribution in [3.63, 3.8) is 0 Å². The number of rotatable bonds is 7. The van der Waals surface area contributed by atoms with E-state index >= 15 is 0 Å². The number of amides is 2. The number of carbonyl (C=O) groups is 2. The summed E-state index contributed by atoms with van der Waals surface area (Å²) in [5.41, 5.74) is 6.42. The van der Waals surface area contributed by atoms with Crippen LogP contribution in [0.25, 0.3) is 11.3 Å². The van der Waals surface area contributed by atoms with Crippen molar-refractivity contribution in [3.05, 3.63) is 71.8 Å². The van der Waals surface area contributed by atoms with Crippen molar-refractivity contribution in [1.29, 1.82) is 0 Å². The number of primary amides is 1. The number of aromatic nitrogens is 1. The lowest BCUT2D eigenvalue weighted by molar-refractivity contribution is -0.118. The normalized spacial score (nSPS) is 10.6. The fourth-order valence-corrected chi connectivity index (χ4v) is 2.66. The molecule has 1 heterocycles. The van der Waals surface area contributed by atoms with Crippen LogP contribution in [-0.2, 0) is 22.4 Å². The smallest absolute Gasteiger partial charge is 0.224 e. The van der Waals surface area contributed by atoms with Crippen LogP contribution < -0.4 is 11.1 Å². The van der Waals surface area contributed by atoms with Gasteiger partial charge in [-0.15, -0.1) is 0 Å². The quantitative estimate of drug-likeness (QED) is 0.652. The zero-order valence-corrected chi connectivity index (χ0v) is 14.7. The molecular formula is C20H17F2N3O3. The fourth-order valence-electron chi connectivity index (χ4n) is 2.66. The highest BCUT2D eigenvalue weighted by atomic mass is 19.1. The molecule has 0 atom stereocenters. The van der Waals surface area contributed by atoms with Gasteiger partial charge in [0.25, 0.3) is 0 Å². The molecule has 0 unspecified atom stereocenters. The molecule has 0 aliphatic heterocycles. The third-order valence-electron chi connectivity index (χ3n) is 3.97. The predicted molar refractivity (Wildman–Crippen MR) is 98.1 cm³/mol. The Balaban J connectivity index is 1.62. The molecule has 3 aromatic rings. The van der Waals surface area contributed by atoms with Crippen molar-refractivity contribution < 1.29 is 22.8 Å². The van der Waals surface area contributed by atoms with Gasteiger partial charge in [-0.1, -0.05) is 18.2 Å². The molecule has 6 nitrogen and oxygen atoms in total. The second-order valence-corrected chi connectivity index (χ2v) is 6.09. The average molecular weight is 385 g/mol. The van der Waals surface area contributed by atoms with Crippen LogP contribution in [0.3, 0.4) is 0 Å². The van der Waals surface area contributed by atoms with Crippen LogP contribution in [0.4, 0.5) is 14.5 Å². The Morgan fingerprint density at radius 1 is 1.14 bits per heavy atom. The third kappa shape index (κ3) is 4.79. The molecular weight excluding hydrogens is 368 g/mol. The number of hydrogen-bond acceptors (Lipinski definition) is 4. The Morgan fingerprint density at radius 2 is 1.93 bits per heavy atom. The second kappa shape index (κ2) is 8.43. The van der Waals surface area contributed by atoms with Gasteiger partial charge in [-0.2, -0.15) is 0 Å². The summed E-state index contributed by atoms with van der Waals surface area (Å²) in [6, 6.07) is 10.0. The summed E-state index contributed by atoms with van der Waals surface area (Å²) in [5.74, 6) is -1.84. The van der Waals surface area contributed by atoms with Crippen LogP contribution in [0, 0.1) is 11.6 Å². The van der Waals surface area contributed by atoms with Crippen molar-refractivity contribution >= 4 is 17.5 Å². The van der Waals surface area contributed by atoms with E-state index in [0.717, 1.165) is 12.1 Å². The van der Waals surface area contributed by atoms with Crippen molar-refractivity contribution in [2.45, 2.75) is 19.3 Å². The topological polar surface area (TPSA) is 98.2 Å². The van der Waals surface area contributed by atoms with Gasteiger partial charge in [0.1, 0.15) is 11.6 Å². The average Bonchev–Trinajstić information content (AvgIpc) is 3.10. The van der Waals surface area contributed by atoms with E-state index in [-0.39, 0.29) is 42.4 Å². The van der Waals surface area contributed by atoms with Gasteiger partial charge in [0.15, 0.2) is 11.7 Å². The summed E-state index contributed by atoms with van der Waals surface area (Å²) in [6.07, 6.45) is 1.60. The summed E-state index contributed by atoms with van der Waals surface area (Å²) in [4.78, 5) is 27.3. The van der Waals surface area contributed by atoms with Crippen LogP contribution in [0.15, 0.2) is 53.1 Å². The summed E-state index contributed by atoms with van der Waals surface area (Å²) in [5, 5.41) is 2.72. The van der Waals surface area contributed by atoms with Gasteiger partial charge in [0.2, 0.25) is 11.8 Å². The first-order valence-corrected chi connectivity index (χ1v) is 8.48. The Hall–Kier alpha value is -3.55. The molecule has 8 heteroatoms. The maximum Gasteiger partial charge on any atom is 0.224 e. The Morgan fingerprint density at radius 3 is 2.68 bits per heavy atom. The Labute approximate surface area is 159 Å². The number of anilines is 1. The molecule has 0 saturated heterocycles. The van der Waals surface area contributed by atoms with Gasteiger partial charge >= 0.3 is 0 Å². The van der Waals surface area contributed by atoms with Crippen LogP contribution >= 0.6 is 0 Å². The molecule has 28 heavy (non-hydrogen) atoms. The number of oxazole rings is 1. The Bertz CT molecular complexity index is 1020. The molecule has 0 radical (unpaired) electrons. The van der Waals surface area contributed by atoms with E-state index in [1.165, 1.54) is 12.3 Å². The lowest BCUT2D eigenvalue weighted by Gasteiger charge is -2.09. The minimum Gasteiger partial charge on any atom is -0.441 e. The lowest BCUT2D eigenvalue weighted by Crippen LogP contribution is -2.17. The lowest BCUT2D eigenvalue weighted by atomic mass is 10.1. The molecule has 3 rings (SSSR count). The number of benzene rings is 2. The van der Waals surface area contributed by atoms with Crippen molar-refractivity contribution in [2.24, 2.45) is 5.73 Å². The number of para-hydroxylation sites is 1. The van der Waals surface area contributed by atoms with E-state index < -0.39 is 17.5 Å². The zero-order chi connectivity index (χ0) is 20.1. The molecule has 0 aliphatic carbocycles. The summed E-state index contributed by atoms with van der Waals surface area (Å²) >= 11 is 0. The maximum absolute atomic E-state index is 13.8. The molecule has 0 saturated carbocycles. The van der Waals surface area contributed by atoms with E-state index in [1.54, 1.807) is 24.3 Å². The summed E-state index contributed by atoms with van der Waals surface area (Å²) < 4.78 is 32.3. The first-order chi connectivity index (χ1) is 13.4. The standard InChI is InChI=1S/C20H17F2N3O3/c21-13-5-6-14(15(22)10-13)17-11-24-20(28-17)8-7-19(27)25-16-4-2-1-3-12(16)9-18(23)26/h1-6,10-11H,7-9H2,(H2,23,26)(H,25,27). The molecule has 0 fully saturated rings. The number of nitrogens with two attached hydrogens (primary N) is 1. The van der Waals surface area contributed by atoms with Crippen LogP contribution in [0.5, 0.6) is 0 Å². The molecule has 2 amide bonds. The highest BCUT2D eigenvalue weighted by Crippen LogP contribution is 2.24. The van der Waals surface area contributed by atoms with Crippen molar-refractivity contribution in [3.8, 4) is 11.3 Å². The SMILES string of the molecule is NC(=O)Cc1ccccc1NC(=O)CCc1ncc(-c2ccc(F)cc2F)o1. The van der Waals surface area contributed by atoms with Gasteiger partial charge in [-0.05, 0) is 23.8 Å².